The fraction of sp³-hybridized carbons (Fsp3) is 0.250. The van der Waals surface area contributed by atoms with Gasteiger partial charge in [-0.25, -0.2) is 4.79 Å². The third-order valence-corrected chi connectivity index (χ3v) is 4.32. The maximum atomic E-state index is 11.5. The van der Waals surface area contributed by atoms with Gasteiger partial charge in [0, 0.05) is 4.88 Å². The van der Waals surface area contributed by atoms with Crippen LogP contribution in [0.2, 0.25) is 0 Å². The van der Waals surface area contributed by atoms with Gasteiger partial charge in [0.15, 0.2) is 0 Å². The van der Waals surface area contributed by atoms with Crippen molar-refractivity contribution in [3.8, 4) is 0 Å². The Bertz CT molecular complexity index is 508. The zero-order chi connectivity index (χ0) is 13.0. The Hall–Kier alpha value is -1.37. The average molecular weight is 282 g/mol. The molecule has 0 saturated heterocycles. The summed E-state index contributed by atoms with van der Waals surface area (Å²) >= 11 is 2.95. The number of hydrogen-bond acceptors (Lipinski definition) is 4. The second-order valence-electron chi connectivity index (χ2n) is 3.80. The lowest BCUT2D eigenvalue weighted by molar-refractivity contribution is 0.178. The van der Waals surface area contributed by atoms with E-state index in [0.717, 1.165) is 15.4 Å². The second-order valence-corrected chi connectivity index (χ2v) is 5.69. The van der Waals surface area contributed by atoms with Crippen LogP contribution in [0.1, 0.15) is 16.5 Å². The molecule has 0 saturated carbocycles. The maximum Gasteiger partial charge on any atom is 0.319 e. The van der Waals surface area contributed by atoms with Crippen molar-refractivity contribution in [3.05, 3.63) is 39.4 Å². The molecule has 0 bridgehead atoms. The number of aryl methyl sites for hydroxylation is 1. The van der Waals surface area contributed by atoms with Crippen LogP contribution in [0.3, 0.4) is 0 Å². The van der Waals surface area contributed by atoms with Crippen LogP contribution in [0, 0.1) is 6.92 Å². The molecule has 0 fully saturated rings. The number of amides is 2. The lowest BCUT2D eigenvalue weighted by Crippen LogP contribution is -2.32. The van der Waals surface area contributed by atoms with E-state index in [9.17, 15) is 9.90 Å². The third-order valence-electron chi connectivity index (χ3n) is 2.42. The van der Waals surface area contributed by atoms with Crippen LogP contribution in [-0.4, -0.2) is 17.7 Å². The van der Waals surface area contributed by atoms with Crippen LogP contribution in [0.25, 0.3) is 0 Å². The summed E-state index contributed by atoms with van der Waals surface area (Å²) in [6, 6.07) is 5.34. The molecular formula is C12H14N2O2S2. The molecule has 0 aromatic carbocycles. The number of anilines is 1. The summed E-state index contributed by atoms with van der Waals surface area (Å²) in [6.07, 6.45) is -0.654. The fourth-order valence-corrected chi connectivity index (χ4v) is 3.04. The minimum Gasteiger partial charge on any atom is -0.386 e. The SMILES string of the molecule is Cc1ccsc1[C@H](O)CNC(=O)Nc1cccs1. The van der Waals surface area contributed by atoms with Crippen molar-refractivity contribution < 1.29 is 9.90 Å². The highest BCUT2D eigenvalue weighted by atomic mass is 32.1. The van der Waals surface area contributed by atoms with Crippen molar-refractivity contribution in [2.24, 2.45) is 0 Å². The topological polar surface area (TPSA) is 61.4 Å². The molecule has 3 N–H and O–H groups in total. The smallest absolute Gasteiger partial charge is 0.319 e. The Balaban J connectivity index is 1.81. The highest BCUT2D eigenvalue weighted by molar-refractivity contribution is 7.14. The number of carbonyl (C=O) groups is 1. The molecule has 2 aromatic heterocycles. The number of aliphatic hydroxyl groups is 1. The zero-order valence-corrected chi connectivity index (χ0v) is 11.5. The molecule has 0 aliphatic heterocycles. The van der Waals surface area contributed by atoms with Crippen LogP contribution >= 0.6 is 22.7 Å². The van der Waals surface area contributed by atoms with Gasteiger partial charge in [0.2, 0.25) is 0 Å². The third kappa shape index (κ3) is 3.32. The highest BCUT2D eigenvalue weighted by Gasteiger charge is 2.13. The Morgan fingerprint density at radius 2 is 2.22 bits per heavy atom. The first-order valence-corrected chi connectivity index (χ1v) is 7.23. The summed E-state index contributed by atoms with van der Waals surface area (Å²) in [5, 5.41) is 19.9. The van der Waals surface area contributed by atoms with E-state index in [2.05, 4.69) is 10.6 Å². The van der Waals surface area contributed by atoms with Crippen LogP contribution in [0.15, 0.2) is 29.0 Å². The first-order chi connectivity index (χ1) is 8.66. The van der Waals surface area contributed by atoms with Crippen molar-refractivity contribution in [1.29, 1.82) is 0 Å². The van der Waals surface area contributed by atoms with Gasteiger partial charge in [-0.05, 0) is 41.4 Å². The largest absolute Gasteiger partial charge is 0.386 e. The van der Waals surface area contributed by atoms with Gasteiger partial charge < -0.3 is 10.4 Å². The highest BCUT2D eigenvalue weighted by Crippen LogP contribution is 2.23. The minimum atomic E-state index is -0.654. The van der Waals surface area contributed by atoms with E-state index in [4.69, 9.17) is 0 Å². The molecule has 0 aliphatic carbocycles. The number of thiophene rings is 2. The van der Waals surface area contributed by atoms with E-state index in [1.54, 1.807) is 0 Å². The Kier molecular flexibility index (Phi) is 4.35. The van der Waals surface area contributed by atoms with Crippen molar-refractivity contribution in [2.75, 3.05) is 11.9 Å². The first-order valence-electron chi connectivity index (χ1n) is 5.47. The van der Waals surface area contributed by atoms with Gasteiger partial charge in [0.25, 0.3) is 0 Å². The van der Waals surface area contributed by atoms with Gasteiger partial charge in [0.1, 0.15) is 6.10 Å². The fourth-order valence-electron chi connectivity index (χ4n) is 1.51. The summed E-state index contributed by atoms with van der Waals surface area (Å²) in [5.41, 5.74) is 1.05. The van der Waals surface area contributed by atoms with Crippen LogP contribution in [0.4, 0.5) is 9.80 Å². The quantitative estimate of drug-likeness (QED) is 0.807. The van der Waals surface area contributed by atoms with Crippen molar-refractivity contribution in [2.45, 2.75) is 13.0 Å². The lowest BCUT2D eigenvalue weighted by atomic mass is 10.2. The monoisotopic (exact) mass is 282 g/mol. The number of carbonyl (C=O) groups excluding carboxylic acids is 1. The van der Waals surface area contributed by atoms with Crippen LogP contribution in [-0.2, 0) is 0 Å². The van der Waals surface area contributed by atoms with E-state index in [1.807, 2.05) is 35.9 Å². The molecular weight excluding hydrogens is 268 g/mol. The van der Waals surface area contributed by atoms with E-state index < -0.39 is 6.10 Å². The normalized spacial score (nSPS) is 12.1. The van der Waals surface area contributed by atoms with Crippen molar-refractivity contribution >= 4 is 33.7 Å². The van der Waals surface area contributed by atoms with E-state index in [-0.39, 0.29) is 12.6 Å². The molecule has 2 amide bonds. The molecule has 0 radical (unpaired) electrons. The predicted octanol–water partition coefficient (Wildman–Crippen LogP) is 2.97. The lowest BCUT2D eigenvalue weighted by Gasteiger charge is -2.11. The summed E-state index contributed by atoms with van der Waals surface area (Å²) in [5.74, 6) is 0. The summed E-state index contributed by atoms with van der Waals surface area (Å²) < 4.78 is 0. The van der Waals surface area contributed by atoms with Crippen LogP contribution < -0.4 is 10.6 Å². The molecule has 18 heavy (non-hydrogen) atoms. The Labute approximate surface area is 113 Å². The molecule has 0 unspecified atom stereocenters. The summed E-state index contributed by atoms with van der Waals surface area (Å²) in [7, 11) is 0. The maximum absolute atomic E-state index is 11.5. The molecule has 6 heteroatoms. The minimum absolute atomic E-state index is 0.207. The molecule has 0 aliphatic rings. The van der Waals surface area contributed by atoms with Gasteiger partial charge in [0.05, 0.1) is 11.5 Å². The van der Waals surface area contributed by atoms with Gasteiger partial charge in [-0.1, -0.05) is 0 Å². The number of nitrogens with one attached hydrogen (secondary N) is 2. The number of aliphatic hydroxyl groups excluding tert-OH is 1. The van der Waals surface area contributed by atoms with Crippen molar-refractivity contribution in [3.63, 3.8) is 0 Å². The summed E-state index contributed by atoms with van der Waals surface area (Å²) in [6.45, 7) is 2.15. The molecule has 2 rings (SSSR count). The summed E-state index contributed by atoms with van der Waals surface area (Å²) in [4.78, 5) is 12.4. The zero-order valence-electron chi connectivity index (χ0n) is 9.84. The first kappa shape index (κ1) is 13.1. The molecule has 2 aromatic rings. The van der Waals surface area contributed by atoms with Gasteiger partial charge >= 0.3 is 6.03 Å². The molecule has 0 spiro atoms. The van der Waals surface area contributed by atoms with Gasteiger partial charge in [-0.3, -0.25) is 5.32 Å². The average Bonchev–Trinajstić information content (AvgIpc) is 2.97. The second kappa shape index (κ2) is 5.99. The van der Waals surface area contributed by atoms with E-state index >= 15 is 0 Å². The van der Waals surface area contributed by atoms with E-state index in [1.165, 1.54) is 22.7 Å². The molecule has 4 nitrogen and oxygen atoms in total. The molecule has 2 heterocycles. The standard InChI is InChI=1S/C12H14N2O2S2/c1-8-4-6-18-11(8)9(15)7-13-12(16)14-10-3-2-5-17-10/h2-6,9,15H,7H2,1H3,(H2,13,14,16)/t9-/m1/s1. The van der Waals surface area contributed by atoms with Gasteiger partial charge in [-0.15, -0.1) is 22.7 Å². The van der Waals surface area contributed by atoms with Gasteiger partial charge in [-0.2, -0.15) is 0 Å². The number of hydrogen-bond donors (Lipinski definition) is 3. The molecule has 96 valence electrons. The Morgan fingerprint density at radius 3 is 2.83 bits per heavy atom. The number of rotatable bonds is 4. The van der Waals surface area contributed by atoms with Crippen LogP contribution in [0.5, 0.6) is 0 Å². The van der Waals surface area contributed by atoms with E-state index in [0.29, 0.717) is 0 Å². The van der Waals surface area contributed by atoms with Crippen molar-refractivity contribution in [1.82, 2.24) is 5.32 Å². The predicted molar refractivity (Wildman–Crippen MR) is 75.4 cm³/mol. The molecule has 1 atom stereocenters. The Morgan fingerprint density at radius 1 is 1.39 bits per heavy atom. The number of urea groups is 1.